The van der Waals surface area contributed by atoms with Crippen molar-refractivity contribution in [3.8, 4) is 5.75 Å². The van der Waals surface area contributed by atoms with Crippen molar-refractivity contribution in [1.82, 2.24) is 10.3 Å². The van der Waals surface area contributed by atoms with Crippen LogP contribution in [0.4, 0.5) is 0 Å². The van der Waals surface area contributed by atoms with Gasteiger partial charge in [0.1, 0.15) is 5.75 Å². The highest BCUT2D eigenvalue weighted by atomic mass is 35.5. The maximum atomic E-state index is 6.12. The molecule has 4 heteroatoms. The highest BCUT2D eigenvalue weighted by molar-refractivity contribution is 6.30. The SMILES string of the molecule is CCCNC(Cc1cc(Cl)ccc1OC)c1ccccn1. The summed E-state index contributed by atoms with van der Waals surface area (Å²) in [5.41, 5.74) is 2.12. The second-order valence-corrected chi connectivity index (χ2v) is 5.36. The molecule has 1 aromatic heterocycles. The normalized spacial score (nSPS) is 12.1. The van der Waals surface area contributed by atoms with Crippen LogP contribution in [0.15, 0.2) is 42.6 Å². The zero-order valence-corrected chi connectivity index (χ0v) is 13.2. The zero-order chi connectivity index (χ0) is 15.1. The van der Waals surface area contributed by atoms with E-state index >= 15 is 0 Å². The highest BCUT2D eigenvalue weighted by Gasteiger charge is 2.15. The number of methoxy groups -OCH3 is 1. The topological polar surface area (TPSA) is 34.1 Å². The molecule has 0 saturated heterocycles. The first kappa shape index (κ1) is 15.8. The number of ether oxygens (including phenoxy) is 1. The average molecular weight is 305 g/mol. The van der Waals surface area contributed by atoms with Gasteiger partial charge in [-0.3, -0.25) is 4.98 Å². The first-order valence-electron chi connectivity index (χ1n) is 7.21. The number of aromatic nitrogens is 1. The molecule has 0 aliphatic heterocycles. The molecule has 0 aliphatic carbocycles. The highest BCUT2D eigenvalue weighted by Crippen LogP contribution is 2.27. The number of nitrogens with zero attached hydrogens (tertiary/aromatic N) is 1. The molecule has 2 aromatic rings. The second kappa shape index (κ2) is 8.01. The van der Waals surface area contributed by atoms with Gasteiger partial charge in [-0.25, -0.2) is 0 Å². The molecular weight excluding hydrogens is 284 g/mol. The number of pyridine rings is 1. The minimum atomic E-state index is 0.151. The number of benzene rings is 1. The lowest BCUT2D eigenvalue weighted by molar-refractivity contribution is 0.404. The van der Waals surface area contributed by atoms with Gasteiger partial charge in [0, 0.05) is 11.2 Å². The van der Waals surface area contributed by atoms with Crippen molar-refractivity contribution < 1.29 is 4.74 Å². The lowest BCUT2D eigenvalue weighted by atomic mass is 10.0. The Morgan fingerprint density at radius 2 is 2.14 bits per heavy atom. The van der Waals surface area contributed by atoms with Crippen LogP contribution in [0.5, 0.6) is 5.75 Å². The van der Waals surface area contributed by atoms with Gasteiger partial charge in [-0.1, -0.05) is 24.6 Å². The molecule has 3 nitrogen and oxygen atoms in total. The van der Waals surface area contributed by atoms with Crippen molar-refractivity contribution in [1.29, 1.82) is 0 Å². The molecule has 1 atom stereocenters. The molecule has 112 valence electrons. The minimum absolute atomic E-state index is 0.151. The van der Waals surface area contributed by atoms with E-state index < -0.39 is 0 Å². The molecule has 2 rings (SSSR count). The molecule has 0 spiro atoms. The van der Waals surface area contributed by atoms with Crippen molar-refractivity contribution >= 4 is 11.6 Å². The standard InChI is InChI=1S/C17H21ClN2O/c1-3-9-19-16(15-6-4-5-10-20-15)12-13-11-14(18)7-8-17(13)21-2/h4-8,10-11,16,19H,3,9,12H2,1-2H3. The van der Waals surface area contributed by atoms with Gasteiger partial charge in [0.25, 0.3) is 0 Å². The van der Waals surface area contributed by atoms with E-state index in [0.29, 0.717) is 0 Å². The quantitative estimate of drug-likeness (QED) is 0.838. The van der Waals surface area contributed by atoms with E-state index in [1.54, 1.807) is 7.11 Å². The summed E-state index contributed by atoms with van der Waals surface area (Å²) in [4.78, 5) is 4.47. The summed E-state index contributed by atoms with van der Waals surface area (Å²) in [6.45, 7) is 3.10. The lowest BCUT2D eigenvalue weighted by Gasteiger charge is -2.19. The van der Waals surface area contributed by atoms with Gasteiger partial charge < -0.3 is 10.1 Å². The van der Waals surface area contributed by atoms with Crippen LogP contribution in [0, 0.1) is 0 Å². The van der Waals surface area contributed by atoms with Crippen molar-refractivity contribution in [3.63, 3.8) is 0 Å². The first-order valence-corrected chi connectivity index (χ1v) is 7.59. The van der Waals surface area contributed by atoms with Gasteiger partial charge in [-0.2, -0.15) is 0 Å². The molecule has 0 amide bonds. The van der Waals surface area contributed by atoms with Crippen LogP contribution in [-0.2, 0) is 6.42 Å². The molecule has 0 fully saturated rings. The third-order valence-corrected chi connectivity index (χ3v) is 3.59. The van der Waals surface area contributed by atoms with Crippen molar-refractivity contribution in [2.75, 3.05) is 13.7 Å². The van der Waals surface area contributed by atoms with E-state index in [4.69, 9.17) is 16.3 Å². The summed E-state index contributed by atoms with van der Waals surface area (Å²) >= 11 is 6.12. The van der Waals surface area contributed by atoms with Gasteiger partial charge in [0.05, 0.1) is 18.8 Å². The molecular formula is C17H21ClN2O. The summed E-state index contributed by atoms with van der Waals surface area (Å²) in [5.74, 6) is 0.860. The molecule has 1 N–H and O–H groups in total. The Bertz CT molecular complexity index is 560. The van der Waals surface area contributed by atoms with Crippen molar-refractivity contribution in [2.24, 2.45) is 0 Å². The largest absolute Gasteiger partial charge is 0.496 e. The zero-order valence-electron chi connectivity index (χ0n) is 12.5. The molecule has 0 aliphatic rings. The second-order valence-electron chi connectivity index (χ2n) is 4.92. The number of nitrogens with one attached hydrogen (secondary N) is 1. The third-order valence-electron chi connectivity index (χ3n) is 3.35. The molecule has 1 aromatic carbocycles. The van der Waals surface area contributed by atoms with E-state index in [0.717, 1.165) is 41.4 Å². The van der Waals surface area contributed by atoms with Crippen molar-refractivity contribution in [2.45, 2.75) is 25.8 Å². The molecule has 21 heavy (non-hydrogen) atoms. The predicted octanol–water partition coefficient (Wildman–Crippen LogP) is 4.03. The monoisotopic (exact) mass is 304 g/mol. The van der Waals surface area contributed by atoms with Gasteiger partial charge in [-0.05, 0) is 55.3 Å². The van der Waals surface area contributed by atoms with E-state index in [1.807, 2.05) is 42.6 Å². The van der Waals surface area contributed by atoms with E-state index in [2.05, 4.69) is 17.2 Å². The van der Waals surface area contributed by atoms with Crippen LogP contribution in [0.2, 0.25) is 5.02 Å². The van der Waals surface area contributed by atoms with Crippen LogP contribution < -0.4 is 10.1 Å². The van der Waals surface area contributed by atoms with Crippen LogP contribution >= 0.6 is 11.6 Å². The smallest absolute Gasteiger partial charge is 0.122 e. The summed E-state index contributed by atoms with van der Waals surface area (Å²) in [6.07, 6.45) is 3.70. The number of hydrogen-bond acceptors (Lipinski definition) is 3. The molecule has 0 bridgehead atoms. The van der Waals surface area contributed by atoms with Crippen LogP contribution in [0.25, 0.3) is 0 Å². The van der Waals surface area contributed by atoms with Gasteiger partial charge in [-0.15, -0.1) is 0 Å². The predicted molar refractivity (Wildman–Crippen MR) is 87.0 cm³/mol. The summed E-state index contributed by atoms with van der Waals surface area (Å²) in [7, 11) is 1.68. The maximum absolute atomic E-state index is 6.12. The third kappa shape index (κ3) is 4.45. The molecule has 0 radical (unpaired) electrons. The lowest BCUT2D eigenvalue weighted by Crippen LogP contribution is -2.25. The molecule has 0 saturated carbocycles. The fourth-order valence-electron chi connectivity index (χ4n) is 2.31. The Labute approximate surface area is 131 Å². The number of rotatable bonds is 7. The van der Waals surface area contributed by atoms with E-state index in [9.17, 15) is 0 Å². The Kier molecular flexibility index (Phi) is 6.03. The number of hydrogen-bond donors (Lipinski definition) is 1. The Morgan fingerprint density at radius 1 is 1.29 bits per heavy atom. The first-order chi connectivity index (χ1) is 10.2. The summed E-state index contributed by atoms with van der Waals surface area (Å²) < 4.78 is 5.43. The Balaban J connectivity index is 2.24. The molecule has 1 heterocycles. The molecule has 1 unspecified atom stereocenters. The van der Waals surface area contributed by atoms with Gasteiger partial charge in [0.2, 0.25) is 0 Å². The average Bonchev–Trinajstić information content (AvgIpc) is 2.52. The maximum Gasteiger partial charge on any atom is 0.122 e. The fraction of sp³-hybridized carbons (Fsp3) is 0.353. The minimum Gasteiger partial charge on any atom is -0.496 e. The van der Waals surface area contributed by atoms with Crippen LogP contribution in [0.3, 0.4) is 0 Å². The summed E-state index contributed by atoms with van der Waals surface area (Å²) in [5, 5.41) is 4.27. The van der Waals surface area contributed by atoms with Crippen molar-refractivity contribution in [3.05, 3.63) is 58.9 Å². The van der Waals surface area contributed by atoms with Gasteiger partial charge >= 0.3 is 0 Å². The Hall–Kier alpha value is -1.58. The van der Waals surface area contributed by atoms with Crippen LogP contribution in [0.1, 0.15) is 30.6 Å². The summed E-state index contributed by atoms with van der Waals surface area (Å²) in [6, 6.07) is 11.9. The van der Waals surface area contributed by atoms with Gasteiger partial charge in [0.15, 0.2) is 0 Å². The fourth-order valence-corrected chi connectivity index (χ4v) is 2.50. The van der Waals surface area contributed by atoms with E-state index in [-0.39, 0.29) is 6.04 Å². The Morgan fingerprint density at radius 3 is 2.81 bits per heavy atom. The van der Waals surface area contributed by atoms with Crippen LogP contribution in [-0.4, -0.2) is 18.6 Å². The number of halogens is 1. The van der Waals surface area contributed by atoms with E-state index in [1.165, 1.54) is 0 Å².